The van der Waals surface area contributed by atoms with Gasteiger partial charge in [0.05, 0.1) is 12.3 Å². The molecule has 2 aromatic heterocycles. The van der Waals surface area contributed by atoms with Crippen molar-refractivity contribution < 1.29 is 9.63 Å². The number of aromatic nitrogens is 3. The lowest BCUT2D eigenvalue weighted by Gasteiger charge is -1.93. The van der Waals surface area contributed by atoms with Crippen LogP contribution in [0.1, 0.15) is 23.8 Å². The molecular formula is C10H14N4O2S. The Balaban J connectivity index is 1.77. The number of anilines is 1. The smallest absolute Gasteiger partial charge is 0.226 e. The summed E-state index contributed by atoms with van der Waals surface area (Å²) in [5.41, 5.74) is 6.54. The van der Waals surface area contributed by atoms with E-state index >= 15 is 0 Å². The van der Waals surface area contributed by atoms with Crippen molar-refractivity contribution in [3.8, 4) is 0 Å². The number of thiazole rings is 1. The van der Waals surface area contributed by atoms with Crippen molar-refractivity contribution >= 4 is 16.5 Å². The van der Waals surface area contributed by atoms with E-state index < -0.39 is 0 Å². The highest BCUT2D eigenvalue weighted by atomic mass is 32.1. The van der Waals surface area contributed by atoms with Gasteiger partial charge in [0.25, 0.3) is 0 Å². The molecule has 0 aliphatic carbocycles. The predicted octanol–water partition coefficient (Wildman–Crippen LogP) is 0.818. The average Bonchev–Trinajstić information content (AvgIpc) is 2.89. The number of rotatable bonds is 6. The van der Waals surface area contributed by atoms with Gasteiger partial charge in [0.1, 0.15) is 0 Å². The van der Waals surface area contributed by atoms with Gasteiger partial charge in [0.2, 0.25) is 5.89 Å². The Morgan fingerprint density at radius 1 is 1.29 bits per heavy atom. The highest BCUT2D eigenvalue weighted by Crippen LogP contribution is 2.13. The largest absolute Gasteiger partial charge is 0.396 e. The SMILES string of the molecule is Nc1nc(CCCc2nc(CCO)no2)cs1. The van der Waals surface area contributed by atoms with E-state index in [1.165, 1.54) is 11.3 Å². The summed E-state index contributed by atoms with van der Waals surface area (Å²) < 4.78 is 5.05. The molecule has 0 aromatic carbocycles. The zero-order valence-electron chi connectivity index (χ0n) is 9.30. The Kier molecular flexibility index (Phi) is 4.05. The van der Waals surface area contributed by atoms with Crippen LogP contribution in [0.15, 0.2) is 9.90 Å². The molecule has 0 unspecified atom stereocenters. The summed E-state index contributed by atoms with van der Waals surface area (Å²) in [5, 5.41) is 15.0. The molecule has 0 aliphatic heterocycles. The molecule has 0 atom stereocenters. The number of hydrogen-bond acceptors (Lipinski definition) is 7. The monoisotopic (exact) mass is 254 g/mol. The quantitative estimate of drug-likeness (QED) is 0.792. The molecule has 6 nitrogen and oxygen atoms in total. The number of nitrogen functional groups attached to an aromatic ring is 1. The number of nitrogens with zero attached hydrogens (tertiary/aromatic N) is 3. The number of aryl methyl sites for hydroxylation is 2. The fourth-order valence-corrected chi connectivity index (χ4v) is 2.05. The summed E-state index contributed by atoms with van der Waals surface area (Å²) in [4.78, 5) is 8.33. The molecule has 0 saturated heterocycles. The molecule has 0 saturated carbocycles. The van der Waals surface area contributed by atoms with Crippen LogP contribution in [0.5, 0.6) is 0 Å². The van der Waals surface area contributed by atoms with Gasteiger partial charge in [-0.2, -0.15) is 4.98 Å². The van der Waals surface area contributed by atoms with Gasteiger partial charge in [0.15, 0.2) is 11.0 Å². The van der Waals surface area contributed by atoms with Crippen LogP contribution in [0.2, 0.25) is 0 Å². The van der Waals surface area contributed by atoms with Crippen molar-refractivity contribution in [3.05, 3.63) is 22.8 Å². The van der Waals surface area contributed by atoms with Crippen molar-refractivity contribution in [3.63, 3.8) is 0 Å². The van der Waals surface area contributed by atoms with Crippen molar-refractivity contribution in [2.45, 2.75) is 25.7 Å². The van der Waals surface area contributed by atoms with Gasteiger partial charge in [-0.25, -0.2) is 4.98 Å². The average molecular weight is 254 g/mol. The van der Waals surface area contributed by atoms with E-state index in [9.17, 15) is 0 Å². The first-order valence-electron chi connectivity index (χ1n) is 5.40. The summed E-state index contributed by atoms with van der Waals surface area (Å²) in [7, 11) is 0. The summed E-state index contributed by atoms with van der Waals surface area (Å²) in [6.07, 6.45) is 2.90. The van der Waals surface area contributed by atoms with Gasteiger partial charge in [-0.05, 0) is 12.8 Å². The van der Waals surface area contributed by atoms with Crippen LogP contribution < -0.4 is 5.73 Å². The number of nitrogens with two attached hydrogens (primary N) is 1. The van der Waals surface area contributed by atoms with Crippen molar-refractivity contribution in [1.29, 1.82) is 0 Å². The van der Waals surface area contributed by atoms with E-state index in [0.29, 0.717) is 23.3 Å². The van der Waals surface area contributed by atoms with Crippen LogP contribution in [0, 0.1) is 0 Å². The second kappa shape index (κ2) is 5.74. The second-order valence-corrected chi connectivity index (χ2v) is 4.50. The van der Waals surface area contributed by atoms with E-state index in [-0.39, 0.29) is 6.61 Å². The molecule has 0 bridgehead atoms. The van der Waals surface area contributed by atoms with Gasteiger partial charge in [-0.15, -0.1) is 11.3 Å². The van der Waals surface area contributed by atoms with E-state index in [2.05, 4.69) is 15.1 Å². The lowest BCUT2D eigenvalue weighted by Crippen LogP contribution is -1.94. The van der Waals surface area contributed by atoms with Crippen molar-refractivity contribution in [1.82, 2.24) is 15.1 Å². The first-order valence-corrected chi connectivity index (χ1v) is 6.28. The maximum atomic E-state index is 8.72. The van der Waals surface area contributed by atoms with Gasteiger partial charge in [-0.1, -0.05) is 5.16 Å². The van der Waals surface area contributed by atoms with Gasteiger partial charge < -0.3 is 15.4 Å². The summed E-state index contributed by atoms with van der Waals surface area (Å²) in [6.45, 7) is 0.0388. The fourth-order valence-electron chi connectivity index (χ4n) is 1.45. The van der Waals surface area contributed by atoms with Gasteiger partial charge in [-0.3, -0.25) is 0 Å². The molecule has 0 aliphatic rings. The summed E-state index contributed by atoms with van der Waals surface area (Å²) >= 11 is 1.45. The molecule has 2 aromatic rings. The zero-order valence-corrected chi connectivity index (χ0v) is 10.1. The van der Waals surface area contributed by atoms with Crippen molar-refractivity contribution in [2.75, 3.05) is 12.3 Å². The molecule has 7 heteroatoms. The molecule has 0 spiro atoms. The molecule has 0 amide bonds. The van der Waals surface area contributed by atoms with Crippen LogP contribution >= 0.6 is 11.3 Å². The second-order valence-electron chi connectivity index (χ2n) is 3.61. The lowest BCUT2D eigenvalue weighted by molar-refractivity contribution is 0.292. The molecule has 0 fully saturated rings. The highest BCUT2D eigenvalue weighted by Gasteiger charge is 2.06. The lowest BCUT2D eigenvalue weighted by atomic mass is 10.2. The summed E-state index contributed by atoms with van der Waals surface area (Å²) in [6, 6.07) is 0. The number of aliphatic hydroxyl groups excluding tert-OH is 1. The van der Waals surface area contributed by atoms with E-state index in [1.807, 2.05) is 5.38 Å². The van der Waals surface area contributed by atoms with Crippen LogP contribution in [0.25, 0.3) is 0 Å². The molecular weight excluding hydrogens is 240 g/mol. The van der Waals surface area contributed by atoms with Crippen molar-refractivity contribution in [2.24, 2.45) is 0 Å². The first kappa shape index (κ1) is 12.0. The minimum atomic E-state index is 0.0388. The zero-order chi connectivity index (χ0) is 12.1. The Labute approximate surface area is 102 Å². The van der Waals surface area contributed by atoms with E-state index in [4.69, 9.17) is 15.4 Å². The molecule has 0 radical (unpaired) electrons. The first-order chi connectivity index (χ1) is 8.28. The Hall–Kier alpha value is -1.47. The number of aliphatic hydroxyl groups is 1. The third kappa shape index (κ3) is 3.50. The Bertz CT molecular complexity index is 468. The normalized spacial score (nSPS) is 10.9. The van der Waals surface area contributed by atoms with Gasteiger partial charge >= 0.3 is 0 Å². The Morgan fingerprint density at radius 2 is 2.18 bits per heavy atom. The number of hydrogen-bond donors (Lipinski definition) is 2. The third-order valence-electron chi connectivity index (χ3n) is 2.24. The van der Waals surface area contributed by atoms with Crippen LogP contribution in [-0.2, 0) is 19.3 Å². The molecule has 2 heterocycles. The molecule has 3 N–H and O–H groups in total. The summed E-state index contributed by atoms with van der Waals surface area (Å²) in [5.74, 6) is 1.16. The molecule has 92 valence electrons. The minimum Gasteiger partial charge on any atom is -0.396 e. The van der Waals surface area contributed by atoms with E-state index in [0.717, 1.165) is 25.0 Å². The maximum absolute atomic E-state index is 8.72. The maximum Gasteiger partial charge on any atom is 0.226 e. The van der Waals surface area contributed by atoms with Crippen LogP contribution in [-0.4, -0.2) is 26.8 Å². The van der Waals surface area contributed by atoms with Crippen LogP contribution in [0.4, 0.5) is 5.13 Å². The van der Waals surface area contributed by atoms with Gasteiger partial charge in [0, 0.05) is 18.2 Å². The predicted molar refractivity (Wildman–Crippen MR) is 63.6 cm³/mol. The Morgan fingerprint density at radius 3 is 2.88 bits per heavy atom. The molecule has 17 heavy (non-hydrogen) atoms. The topological polar surface area (TPSA) is 98.1 Å². The highest BCUT2D eigenvalue weighted by molar-refractivity contribution is 7.13. The fraction of sp³-hybridized carbons (Fsp3) is 0.500. The third-order valence-corrected chi connectivity index (χ3v) is 2.96. The standard InChI is InChI=1S/C10H14N4O2S/c11-10-12-7(6-17-10)2-1-3-9-13-8(4-5-15)14-16-9/h6,15H,1-5H2,(H2,11,12). The molecule has 2 rings (SSSR count). The minimum absolute atomic E-state index is 0.0388. The van der Waals surface area contributed by atoms with Crippen LogP contribution in [0.3, 0.4) is 0 Å². The van der Waals surface area contributed by atoms with E-state index in [1.54, 1.807) is 0 Å².